The van der Waals surface area contributed by atoms with Crippen molar-refractivity contribution in [1.29, 1.82) is 0 Å². The fourth-order valence-electron chi connectivity index (χ4n) is 5.16. The average molecular weight is 490 g/mol. The quantitative estimate of drug-likeness (QED) is 0.455. The maximum Gasteiger partial charge on any atom is 0.336 e. The Bertz CT molecular complexity index is 1210. The molecule has 4 rings (SSSR count). The molecule has 1 aliphatic heterocycles. The molecule has 0 unspecified atom stereocenters. The van der Waals surface area contributed by atoms with Gasteiger partial charge in [-0.25, -0.2) is 4.79 Å². The third-order valence-corrected chi connectivity index (χ3v) is 6.73. The van der Waals surface area contributed by atoms with Gasteiger partial charge in [-0.15, -0.1) is 0 Å². The minimum absolute atomic E-state index is 0.164. The first-order valence-corrected chi connectivity index (χ1v) is 12.2. The van der Waals surface area contributed by atoms with Crippen molar-refractivity contribution in [1.82, 2.24) is 5.32 Å². The Labute approximate surface area is 211 Å². The molecule has 0 radical (unpaired) electrons. The van der Waals surface area contributed by atoms with Crippen LogP contribution in [0, 0.1) is 5.92 Å². The topological polar surface area (TPSA) is 90.9 Å². The Morgan fingerprint density at radius 3 is 2.22 bits per heavy atom. The summed E-state index contributed by atoms with van der Waals surface area (Å²) in [6.45, 7) is 5.65. The van der Waals surface area contributed by atoms with Gasteiger partial charge in [-0.05, 0) is 50.5 Å². The highest BCUT2D eigenvalue weighted by Crippen LogP contribution is 2.48. The van der Waals surface area contributed by atoms with E-state index in [0.29, 0.717) is 34.7 Å². The Hall–Kier alpha value is -3.87. The molecule has 36 heavy (non-hydrogen) atoms. The van der Waals surface area contributed by atoms with Gasteiger partial charge < -0.3 is 19.5 Å². The molecule has 188 valence electrons. The molecular weight excluding hydrogens is 458 g/mol. The summed E-state index contributed by atoms with van der Waals surface area (Å²) in [4.78, 5) is 40.5. The van der Waals surface area contributed by atoms with E-state index in [1.54, 1.807) is 21.0 Å². The lowest BCUT2D eigenvalue weighted by Crippen LogP contribution is -2.43. The van der Waals surface area contributed by atoms with Crippen LogP contribution in [0.5, 0.6) is 5.75 Å². The molecule has 0 aromatic heterocycles. The molecule has 0 saturated heterocycles. The van der Waals surface area contributed by atoms with Crippen LogP contribution in [-0.2, 0) is 23.9 Å². The number of hydrogen-bond acceptors (Lipinski definition) is 7. The predicted molar refractivity (Wildman–Crippen MR) is 134 cm³/mol. The number of esters is 2. The summed E-state index contributed by atoms with van der Waals surface area (Å²) in [6, 6.07) is 16.8. The molecular formula is C29H31NO6. The molecule has 2 aromatic carbocycles. The van der Waals surface area contributed by atoms with Crippen LogP contribution in [0.1, 0.15) is 50.2 Å². The maximum absolute atomic E-state index is 14.2. The Kier molecular flexibility index (Phi) is 7.58. The molecule has 7 heteroatoms. The fourth-order valence-corrected chi connectivity index (χ4v) is 5.16. The molecule has 0 spiro atoms. The highest BCUT2D eigenvalue weighted by Gasteiger charge is 2.49. The molecule has 3 atom stereocenters. The molecule has 2 aliphatic rings. The van der Waals surface area contributed by atoms with Crippen molar-refractivity contribution in [2.75, 3.05) is 20.3 Å². The van der Waals surface area contributed by atoms with Gasteiger partial charge in [0.25, 0.3) is 0 Å². The molecule has 0 amide bonds. The molecule has 0 saturated carbocycles. The number of ether oxygens (including phenoxy) is 3. The summed E-state index contributed by atoms with van der Waals surface area (Å²) in [7, 11) is 1.59. The fraction of sp³-hybridized carbons (Fsp3) is 0.345. The SMILES string of the molecule is CCOC(=O)C1=C(C)NC2=C(C(=O)[C@@H](C(=O)OCC)[C@H](c3ccc(OC)cc3)C2)[C@@H]1c1ccccc1. The highest BCUT2D eigenvalue weighted by molar-refractivity contribution is 6.13. The highest BCUT2D eigenvalue weighted by atomic mass is 16.5. The second-order valence-corrected chi connectivity index (χ2v) is 8.80. The number of methoxy groups -OCH3 is 1. The number of rotatable bonds is 7. The third kappa shape index (κ3) is 4.65. The van der Waals surface area contributed by atoms with E-state index in [9.17, 15) is 14.4 Å². The smallest absolute Gasteiger partial charge is 0.336 e. The summed E-state index contributed by atoms with van der Waals surface area (Å²) >= 11 is 0. The molecule has 1 aliphatic carbocycles. The number of benzene rings is 2. The minimum atomic E-state index is -1.04. The number of hydrogen-bond donors (Lipinski definition) is 1. The van der Waals surface area contributed by atoms with E-state index in [0.717, 1.165) is 11.1 Å². The van der Waals surface area contributed by atoms with Gasteiger partial charge in [0.2, 0.25) is 0 Å². The van der Waals surface area contributed by atoms with Crippen LogP contribution in [-0.4, -0.2) is 38.0 Å². The zero-order valence-corrected chi connectivity index (χ0v) is 21.0. The lowest BCUT2D eigenvalue weighted by molar-refractivity contribution is -0.152. The number of carbonyl (C=O) groups excluding carboxylic acids is 3. The van der Waals surface area contributed by atoms with Gasteiger partial charge in [-0.2, -0.15) is 0 Å². The van der Waals surface area contributed by atoms with Crippen LogP contribution < -0.4 is 10.1 Å². The first kappa shape index (κ1) is 25.2. The van der Waals surface area contributed by atoms with Crippen LogP contribution in [0.3, 0.4) is 0 Å². The summed E-state index contributed by atoms with van der Waals surface area (Å²) in [6.07, 6.45) is 0.410. The van der Waals surface area contributed by atoms with Crippen molar-refractivity contribution < 1.29 is 28.6 Å². The molecule has 0 bridgehead atoms. The van der Waals surface area contributed by atoms with Gasteiger partial charge in [0.05, 0.1) is 25.9 Å². The number of allylic oxidation sites excluding steroid dienone is 3. The zero-order chi connectivity index (χ0) is 25.8. The van der Waals surface area contributed by atoms with Gasteiger partial charge in [-0.1, -0.05) is 42.5 Å². The predicted octanol–water partition coefficient (Wildman–Crippen LogP) is 4.41. The van der Waals surface area contributed by atoms with Crippen molar-refractivity contribution in [3.05, 3.63) is 88.3 Å². The van der Waals surface area contributed by atoms with Crippen molar-refractivity contribution in [3.8, 4) is 5.75 Å². The van der Waals surface area contributed by atoms with Gasteiger partial charge in [-0.3, -0.25) is 9.59 Å². The minimum Gasteiger partial charge on any atom is -0.497 e. The maximum atomic E-state index is 14.2. The Morgan fingerprint density at radius 2 is 1.61 bits per heavy atom. The first-order chi connectivity index (χ1) is 17.4. The number of ketones is 1. The summed E-state index contributed by atoms with van der Waals surface area (Å²) < 4.78 is 16.0. The van der Waals surface area contributed by atoms with Crippen molar-refractivity contribution in [2.24, 2.45) is 5.92 Å². The molecule has 7 nitrogen and oxygen atoms in total. The van der Waals surface area contributed by atoms with Crippen molar-refractivity contribution >= 4 is 17.7 Å². The normalized spacial score (nSPS) is 21.4. The van der Waals surface area contributed by atoms with E-state index in [1.807, 2.05) is 61.5 Å². The summed E-state index contributed by atoms with van der Waals surface area (Å²) in [5.41, 5.74) is 3.76. The number of dihydropyridines is 1. The largest absolute Gasteiger partial charge is 0.497 e. The lowest BCUT2D eigenvalue weighted by atomic mass is 9.67. The van der Waals surface area contributed by atoms with Gasteiger partial charge in [0.15, 0.2) is 5.78 Å². The molecule has 1 N–H and O–H groups in total. The standard InChI is InChI=1S/C29H31NO6/c1-5-35-28(32)23-17(3)30-22-16-21(18-12-14-20(34-4)15-13-18)25(29(33)36-6-2)27(31)26(22)24(23)19-10-8-7-9-11-19/h7-15,21,24-25,30H,5-6,16H2,1-4H3/t21-,24+,25-/m0/s1. The summed E-state index contributed by atoms with van der Waals surface area (Å²) in [5.74, 6) is -2.82. The van der Waals surface area contributed by atoms with Crippen LogP contribution >= 0.6 is 0 Å². The van der Waals surface area contributed by atoms with E-state index in [2.05, 4.69) is 5.32 Å². The summed E-state index contributed by atoms with van der Waals surface area (Å²) in [5, 5.41) is 3.31. The van der Waals surface area contributed by atoms with Gasteiger partial charge in [0, 0.05) is 28.8 Å². The van der Waals surface area contributed by atoms with E-state index in [1.165, 1.54) is 0 Å². The van der Waals surface area contributed by atoms with Crippen LogP contribution in [0.2, 0.25) is 0 Å². The van der Waals surface area contributed by atoms with Crippen LogP contribution in [0.25, 0.3) is 0 Å². The number of carbonyl (C=O) groups is 3. The van der Waals surface area contributed by atoms with Crippen LogP contribution in [0.4, 0.5) is 0 Å². The zero-order valence-electron chi connectivity index (χ0n) is 21.0. The third-order valence-electron chi connectivity index (χ3n) is 6.73. The van der Waals surface area contributed by atoms with Gasteiger partial charge >= 0.3 is 11.9 Å². The average Bonchev–Trinajstić information content (AvgIpc) is 2.88. The number of Topliss-reactive ketones (excluding diaryl/α,β-unsaturated/α-hetero) is 1. The Balaban J connectivity index is 1.87. The molecule has 0 fully saturated rings. The number of nitrogens with one attached hydrogen (secondary N) is 1. The van der Waals surface area contributed by atoms with Crippen molar-refractivity contribution in [3.63, 3.8) is 0 Å². The van der Waals surface area contributed by atoms with E-state index >= 15 is 0 Å². The van der Waals surface area contributed by atoms with Crippen LogP contribution in [0.15, 0.2) is 77.1 Å². The molecule has 2 aromatic rings. The van der Waals surface area contributed by atoms with Gasteiger partial charge in [0.1, 0.15) is 11.7 Å². The Morgan fingerprint density at radius 1 is 0.944 bits per heavy atom. The van der Waals surface area contributed by atoms with Crippen molar-refractivity contribution in [2.45, 2.75) is 39.0 Å². The van der Waals surface area contributed by atoms with E-state index in [4.69, 9.17) is 14.2 Å². The lowest BCUT2D eigenvalue weighted by Gasteiger charge is -2.39. The first-order valence-electron chi connectivity index (χ1n) is 12.2. The molecule has 1 heterocycles. The monoisotopic (exact) mass is 489 g/mol. The van der Waals surface area contributed by atoms with E-state index in [-0.39, 0.29) is 19.0 Å². The second-order valence-electron chi connectivity index (χ2n) is 8.80. The second kappa shape index (κ2) is 10.8. The van der Waals surface area contributed by atoms with E-state index < -0.39 is 29.7 Å².